The third kappa shape index (κ3) is 3.76. The zero-order valence-corrected chi connectivity index (χ0v) is 16.3. The van der Waals surface area contributed by atoms with E-state index in [9.17, 15) is 4.39 Å². The Kier molecular flexibility index (Phi) is 5.61. The molecule has 10 heteroatoms. The fraction of sp³-hybridized carbons (Fsp3) is 0.278. The molecule has 146 valence electrons. The lowest BCUT2D eigenvalue weighted by Gasteiger charge is -2.31. The number of benzene rings is 2. The zero-order valence-electron chi connectivity index (χ0n) is 14.8. The van der Waals surface area contributed by atoms with Crippen LogP contribution in [0.2, 0.25) is 10.0 Å². The Morgan fingerprint density at radius 3 is 2.71 bits per heavy atom. The van der Waals surface area contributed by atoms with Gasteiger partial charge in [-0.2, -0.15) is 4.68 Å². The highest BCUT2D eigenvalue weighted by Gasteiger charge is 2.19. The summed E-state index contributed by atoms with van der Waals surface area (Å²) in [6, 6.07) is 10.2. The summed E-state index contributed by atoms with van der Waals surface area (Å²) in [5.74, 6) is 0.111. The molecule has 1 aliphatic heterocycles. The molecule has 3 aromatic rings. The maximum absolute atomic E-state index is 14.6. The second-order valence-corrected chi connectivity index (χ2v) is 6.97. The second-order valence-electron chi connectivity index (χ2n) is 6.19. The van der Waals surface area contributed by atoms with Gasteiger partial charge >= 0.3 is 0 Å². The van der Waals surface area contributed by atoms with Gasteiger partial charge in [0.25, 0.3) is 0 Å². The molecule has 0 saturated carbocycles. The minimum Gasteiger partial charge on any atom is -0.378 e. The fourth-order valence-corrected chi connectivity index (χ4v) is 3.51. The van der Waals surface area contributed by atoms with Gasteiger partial charge in [-0.25, -0.2) is 4.39 Å². The van der Waals surface area contributed by atoms with Crippen LogP contribution in [0.1, 0.15) is 5.56 Å². The zero-order chi connectivity index (χ0) is 19.5. The lowest BCUT2D eigenvalue weighted by molar-refractivity contribution is 0.122. The SMILES string of the molecule is Fc1cccc(CNc2nnnn2-c2cccc(Cl)c2Cl)c1N1CCOCC1. The Hall–Kier alpha value is -2.42. The smallest absolute Gasteiger partial charge is 0.248 e. The first-order chi connectivity index (χ1) is 13.6. The summed E-state index contributed by atoms with van der Waals surface area (Å²) in [5.41, 5.74) is 1.92. The third-order valence-corrected chi connectivity index (χ3v) is 5.27. The van der Waals surface area contributed by atoms with Gasteiger partial charge in [0.2, 0.25) is 5.95 Å². The standard InChI is InChI=1S/C18H17Cl2FN6O/c19-13-4-2-6-15(16(13)20)27-18(23-24-25-27)22-11-12-3-1-5-14(21)17(12)26-7-9-28-10-8-26/h1-6H,7-11H2,(H,22,23,25). The number of tetrazole rings is 1. The summed E-state index contributed by atoms with van der Waals surface area (Å²) < 4.78 is 21.4. The monoisotopic (exact) mass is 422 g/mol. The number of morpholine rings is 1. The van der Waals surface area contributed by atoms with Crippen molar-refractivity contribution in [2.75, 3.05) is 36.5 Å². The van der Waals surface area contributed by atoms with E-state index in [4.69, 9.17) is 27.9 Å². The van der Waals surface area contributed by atoms with Crippen LogP contribution in [-0.4, -0.2) is 46.5 Å². The first-order valence-electron chi connectivity index (χ1n) is 8.72. The van der Waals surface area contributed by atoms with Crippen LogP contribution < -0.4 is 10.2 Å². The second kappa shape index (κ2) is 8.30. The number of para-hydroxylation sites is 1. The van der Waals surface area contributed by atoms with Gasteiger partial charge in [0.15, 0.2) is 0 Å². The average Bonchev–Trinajstić information content (AvgIpc) is 3.17. The average molecular weight is 423 g/mol. The van der Waals surface area contributed by atoms with Crippen molar-refractivity contribution in [2.24, 2.45) is 0 Å². The van der Waals surface area contributed by atoms with Crippen LogP contribution in [0.4, 0.5) is 16.0 Å². The number of halogens is 3. The molecule has 1 N–H and O–H groups in total. The molecule has 2 aromatic carbocycles. The molecule has 0 spiro atoms. The van der Waals surface area contributed by atoms with E-state index >= 15 is 0 Å². The number of aromatic nitrogens is 4. The molecule has 1 saturated heterocycles. The molecule has 2 heterocycles. The topological polar surface area (TPSA) is 68.1 Å². The lowest BCUT2D eigenvalue weighted by atomic mass is 10.1. The van der Waals surface area contributed by atoms with Crippen molar-refractivity contribution in [3.05, 3.63) is 57.8 Å². The molecule has 0 radical (unpaired) electrons. The van der Waals surface area contributed by atoms with Crippen LogP contribution in [0.5, 0.6) is 0 Å². The van der Waals surface area contributed by atoms with Gasteiger partial charge in [-0.05, 0) is 34.2 Å². The van der Waals surface area contributed by atoms with Crippen LogP contribution in [0, 0.1) is 5.82 Å². The normalized spacial score (nSPS) is 14.3. The minimum absolute atomic E-state index is 0.265. The van der Waals surface area contributed by atoms with Crippen molar-refractivity contribution in [1.82, 2.24) is 20.2 Å². The van der Waals surface area contributed by atoms with Gasteiger partial charge in [0, 0.05) is 19.6 Å². The van der Waals surface area contributed by atoms with E-state index in [-0.39, 0.29) is 5.82 Å². The summed E-state index contributed by atoms with van der Waals surface area (Å²) in [7, 11) is 0. The van der Waals surface area contributed by atoms with Crippen molar-refractivity contribution < 1.29 is 9.13 Å². The van der Waals surface area contributed by atoms with Crippen LogP contribution >= 0.6 is 23.2 Å². The summed E-state index contributed by atoms with van der Waals surface area (Å²) in [5, 5.41) is 15.6. The van der Waals surface area contributed by atoms with Crippen molar-refractivity contribution in [1.29, 1.82) is 0 Å². The molecule has 0 unspecified atom stereocenters. The Balaban J connectivity index is 1.59. The highest BCUT2D eigenvalue weighted by molar-refractivity contribution is 6.43. The number of rotatable bonds is 5. The van der Waals surface area contributed by atoms with Crippen molar-refractivity contribution >= 4 is 34.8 Å². The van der Waals surface area contributed by atoms with Crippen LogP contribution in [0.3, 0.4) is 0 Å². The summed E-state index contributed by atoms with van der Waals surface area (Å²) >= 11 is 12.4. The quantitative estimate of drug-likeness (QED) is 0.677. The number of nitrogens with one attached hydrogen (secondary N) is 1. The predicted octanol–water partition coefficient (Wildman–Crippen LogP) is 3.56. The number of ether oxygens (including phenoxy) is 1. The Bertz CT molecular complexity index is 976. The van der Waals surface area contributed by atoms with Gasteiger partial charge in [0.05, 0.1) is 34.6 Å². The predicted molar refractivity (Wildman–Crippen MR) is 106 cm³/mol. The first-order valence-corrected chi connectivity index (χ1v) is 9.47. The van der Waals surface area contributed by atoms with Gasteiger partial charge < -0.3 is 15.0 Å². The van der Waals surface area contributed by atoms with Gasteiger partial charge in [-0.1, -0.05) is 46.5 Å². The molecular formula is C18H17Cl2FN6O. The molecule has 4 rings (SSSR count). The molecule has 0 amide bonds. The van der Waals surface area contributed by atoms with E-state index in [1.807, 2.05) is 11.0 Å². The molecule has 28 heavy (non-hydrogen) atoms. The van der Waals surface area contributed by atoms with E-state index < -0.39 is 0 Å². The molecule has 0 atom stereocenters. The lowest BCUT2D eigenvalue weighted by Crippen LogP contribution is -2.37. The molecule has 0 aliphatic carbocycles. The number of hydrogen-bond acceptors (Lipinski definition) is 6. The van der Waals surface area contributed by atoms with E-state index in [1.165, 1.54) is 10.7 Å². The largest absolute Gasteiger partial charge is 0.378 e. The van der Waals surface area contributed by atoms with Gasteiger partial charge in [-0.3, -0.25) is 0 Å². The van der Waals surface area contributed by atoms with E-state index in [0.717, 1.165) is 5.56 Å². The highest BCUT2D eigenvalue weighted by Crippen LogP contribution is 2.30. The van der Waals surface area contributed by atoms with E-state index in [0.29, 0.717) is 60.2 Å². The maximum Gasteiger partial charge on any atom is 0.248 e. The van der Waals surface area contributed by atoms with Crippen LogP contribution in [0.25, 0.3) is 5.69 Å². The number of hydrogen-bond donors (Lipinski definition) is 1. The third-order valence-electron chi connectivity index (χ3n) is 4.46. The number of nitrogens with zero attached hydrogens (tertiary/aromatic N) is 5. The van der Waals surface area contributed by atoms with Gasteiger partial charge in [-0.15, -0.1) is 0 Å². The molecule has 1 aliphatic rings. The van der Waals surface area contributed by atoms with Crippen LogP contribution in [-0.2, 0) is 11.3 Å². The molecule has 1 aromatic heterocycles. The van der Waals surface area contributed by atoms with Crippen molar-refractivity contribution in [3.8, 4) is 5.69 Å². The molecular weight excluding hydrogens is 406 g/mol. The summed E-state index contributed by atoms with van der Waals surface area (Å²) in [4.78, 5) is 1.99. The Morgan fingerprint density at radius 1 is 1.11 bits per heavy atom. The summed E-state index contributed by atoms with van der Waals surface area (Å²) in [6.45, 7) is 2.77. The van der Waals surface area contributed by atoms with Crippen molar-refractivity contribution in [3.63, 3.8) is 0 Å². The van der Waals surface area contributed by atoms with Crippen molar-refractivity contribution in [2.45, 2.75) is 6.54 Å². The fourth-order valence-electron chi connectivity index (χ4n) is 3.13. The Labute approximate surface area is 171 Å². The highest BCUT2D eigenvalue weighted by atomic mass is 35.5. The summed E-state index contributed by atoms with van der Waals surface area (Å²) in [6.07, 6.45) is 0. The van der Waals surface area contributed by atoms with Gasteiger partial charge in [0.1, 0.15) is 5.82 Å². The van der Waals surface area contributed by atoms with E-state index in [2.05, 4.69) is 20.8 Å². The molecule has 1 fully saturated rings. The minimum atomic E-state index is -0.265. The number of anilines is 2. The molecule has 0 bridgehead atoms. The molecule has 7 nitrogen and oxygen atoms in total. The first kappa shape index (κ1) is 18.9. The van der Waals surface area contributed by atoms with E-state index in [1.54, 1.807) is 24.3 Å². The van der Waals surface area contributed by atoms with Crippen LogP contribution in [0.15, 0.2) is 36.4 Å². The Morgan fingerprint density at radius 2 is 1.89 bits per heavy atom. The maximum atomic E-state index is 14.6.